The van der Waals surface area contributed by atoms with Gasteiger partial charge >= 0.3 is 0 Å². The highest BCUT2D eigenvalue weighted by molar-refractivity contribution is 9.10. The zero-order chi connectivity index (χ0) is 18.9. The summed E-state index contributed by atoms with van der Waals surface area (Å²) in [6.07, 6.45) is 1.78. The predicted octanol–water partition coefficient (Wildman–Crippen LogP) is 1.20. The minimum Gasteiger partial charge on any atom is -0.344 e. The van der Waals surface area contributed by atoms with E-state index in [0.29, 0.717) is 13.1 Å². The van der Waals surface area contributed by atoms with Crippen molar-refractivity contribution in [2.75, 3.05) is 26.2 Å². The van der Waals surface area contributed by atoms with Crippen LogP contribution in [0.3, 0.4) is 0 Å². The molecule has 0 bridgehead atoms. The molecule has 2 fully saturated rings. The van der Waals surface area contributed by atoms with Crippen LogP contribution in [0.4, 0.5) is 0 Å². The van der Waals surface area contributed by atoms with Crippen LogP contribution in [-0.4, -0.2) is 61.7 Å². The van der Waals surface area contributed by atoms with E-state index in [4.69, 9.17) is 0 Å². The Balaban J connectivity index is 1.57. The van der Waals surface area contributed by atoms with E-state index < -0.39 is 16.1 Å². The lowest BCUT2D eigenvalue weighted by atomic mass is 10.2. The zero-order valence-corrected chi connectivity index (χ0v) is 16.9. The highest BCUT2D eigenvalue weighted by atomic mass is 79.9. The van der Waals surface area contributed by atoms with Crippen molar-refractivity contribution in [2.45, 2.75) is 30.7 Å². The summed E-state index contributed by atoms with van der Waals surface area (Å²) in [7, 11) is -3.57. The molecule has 1 saturated carbocycles. The Morgan fingerprint density at radius 3 is 2.23 bits per heavy atom. The first-order chi connectivity index (χ1) is 12.3. The third kappa shape index (κ3) is 4.27. The number of hydrogen-bond acceptors (Lipinski definition) is 4. The van der Waals surface area contributed by atoms with Crippen molar-refractivity contribution >= 4 is 37.8 Å². The first kappa shape index (κ1) is 19.3. The summed E-state index contributed by atoms with van der Waals surface area (Å²) in [6.45, 7) is 2.80. The molecule has 1 atom stereocenters. The average Bonchev–Trinajstić information content (AvgIpc) is 3.46. The summed E-state index contributed by atoms with van der Waals surface area (Å²) in [5, 5.41) is 2.75. The minimum atomic E-state index is -3.57. The Morgan fingerprint density at radius 2 is 1.69 bits per heavy atom. The Morgan fingerprint density at radius 1 is 1.12 bits per heavy atom. The van der Waals surface area contributed by atoms with E-state index in [1.54, 1.807) is 36.1 Å². The molecule has 9 heteroatoms. The molecule has 0 aromatic heterocycles. The van der Waals surface area contributed by atoms with E-state index >= 15 is 0 Å². The van der Waals surface area contributed by atoms with Gasteiger partial charge in [-0.25, -0.2) is 8.42 Å². The van der Waals surface area contributed by atoms with Crippen LogP contribution < -0.4 is 5.32 Å². The molecule has 1 heterocycles. The maximum atomic E-state index is 12.7. The molecule has 0 spiro atoms. The van der Waals surface area contributed by atoms with Gasteiger partial charge in [-0.3, -0.25) is 9.59 Å². The monoisotopic (exact) mass is 443 g/mol. The van der Waals surface area contributed by atoms with Gasteiger partial charge in [-0.1, -0.05) is 15.9 Å². The summed E-state index contributed by atoms with van der Waals surface area (Å²) in [4.78, 5) is 26.1. The number of nitrogens with zero attached hydrogens (tertiary/aromatic N) is 2. The van der Waals surface area contributed by atoms with Crippen LogP contribution >= 0.6 is 15.9 Å². The number of nitrogens with one attached hydrogen (secondary N) is 1. The van der Waals surface area contributed by atoms with E-state index in [1.807, 2.05) is 0 Å². The van der Waals surface area contributed by atoms with E-state index in [9.17, 15) is 18.0 Å². The van der Waals surface area contributed by atoms with Crippen molar-refractivity contribution in [3.63, 3.8) is 0 Å². The van der Waals surface area contributed by atoms with Crippen molar-refractivity contribution in [3.8, 4) is 0 Å². The summed E-state index contributed by atoms with van der Waals surface area (Å²) < 4.78 is 27.6. The Labute approximate surface area is 161 Å². The molecule has 2 amide bonds. The van der Waals surface area contributed by atoms with Crippen LogP contribution in [0, 0.1) is 5.92 Å². The standard InChI is InChI=1S/C17H22BrN3O4S/c1-12(19-16(22)13-2-3-13)17(23)20-8-10-21(11-9-20)26(24,25)15-6-4-14(18)5-7-15/h4-7,12-13H,2-3,8-11H2,1H3,(H,19,22)/t12-/m1/s1. The van der Waals surface area contributed by atoms with E-state index in [0.717, 1.165) is 17.3 Å². The molecular formula is C17H22BrN3O4S. The number of halogens is 1. The van der Waals surface area contributed by atoms with Gasteiger partial charge < -0.3 is 10.2 Å². The van der Waals surface area contributed by atoms with E-state index in [1.165, 1.54) is 4.31 Å². The van der Waals surface area contributed by atoms with E-state index in [2.05, 4.69) is 21.2 Å². The first-order valence-electron chi connectivity index (χ1n) is 8.64. The van der Waals surface area contributed by atoms with Gasteiger partial charge in [-0.2, -0.15) is 4.31 Å². The predicted molar refractivity (Wildman–Crippen MR) is 99.8 cm³/mol. The number of amides is 2. The van der Waals surface area contributed by atoms with Crippen LogP contribution in [0.15, 0.2) is 33.6 Å². The van der Waals surface area contributed by atoms with Crippen molar-refractivity contribution in [1.82, 2.24) is 14.5 Å². The van der Waals surface area contributed by atoms with Crippen LogP contribution in [-0.2, 0) is 19.6 Å². The van der Waals surface area contributed by atoms with Gasteiger partial charge in [0.05, 0.1) is 4.90 Å². The first-order valence-corrected chi connectivity index (χ1v) is 10.9. The lowest BCUT2D eigenvalue weighted by Crippen LogP contribution is -2.55. The summed E-state index contributed by atoms with van der Waals surface area (Å²) in [5.74, 6) is -0.180. The summed E-state index contributed by atoms with van der Waals surface area (Å²) >= 11 is 3.29. The molecule has 1 aromatic carbocycles. The third-order valence-electron chi connectivity index (χ3n) is 4.68. The molecule has 142 valence electrons. The van der Waals surface area contributed by atoms with Crippen LogP contribution in [0.1, 0.15) is 19.8 Å². The summed E-state index contributed by atoms with van der Waals surface area (Å²) in [6, 6.07) is 5.92. The second kappa shape index (κ2) is 7.66. The molecule has 1 aromatic rings. The molecule has 7 nitrogen and oxygen atoms in total. The lowest BCUT2D eigenvalue weighted by molar-refractivity contribution is -0.137. The molecule has 1 aliphatic heterocycles. The molecule has 3 rings (SSSR count). The van der Waals surface area contributed by atoms with Crippen LogP contribution in [0.25, 0.3) is 0 Å². The fourth-order valence-electron chi connectivity index (χ4n) is 2.92. The maximum absolute atomic E-state index is 12.7. The SMILES string of the molecule is C[C@@H](NC(=O)C1CC1)C(=O)N1CCN(S(=O)(=O)c2ccc(Br)cc2)CC1. The molecule has 1 N–H and O–H groups in total. The van der Waals surface area contributed by atoms with Gasteiger partial charge in [0, 0.05) is 36.6 Å². The van der Waals surface area contributed by atoms with Crippen molar-refractivity contribution in [1.29, 1.82) is 0 Å². The highest BCUT2D eigenvalue weighted by Crippen LogP contribution is 2.29. The number of hydrogen-bond donors (Lipinski definition) is 1. The van der Waals surface area contributed by atoms with Gasteiger partial charge in [0.1, 0.15) is 6.04 Å². The molecule has 0 radical (unpaired) electrons. The second-order valence-electron chi connectivity index (χ2n) is 6.69. The smallest absolute Gasteiger partial charge is 0.244 e. The average molecular weight is 444 g/mol. The number of benzene rings is 1. The maximum Gasteiger partial charge on any atom is 0.244 e. The lowest BCUT2D eigenvalue weighted by Gasteiger charge is -2.35. The number of sulfonamides is 1. The van der Waals surface area contributed by atoms with Gasteiger partial charge in [0.15, 0.2) is 0 Å². The minimum absolute atomic E-state index is 0.0538. The molecule has 2 aliphatic rings. The largest absolute Gasteiger partial charge is 0.344 e. The third-order valence-corrected chi connectivity index (χ3v) is 7.12. The highest BCUT2D eigenvalue weighted by Gasteiger charge is 2.34. The quantitative estimate of drug-likeness (QED) is 0.740. The van der Waals surface area contributed by atoms with Crippen molar-refractivity contribution in [2.24, 2.45) is 5.92 Å². The Bertz CT molecular complexity index is 785. The topological polar surface area (TPSA) is 86.8 Å². The zero-order valence-electron chi connectivity index (χ0n) is 14.5. The Hall–Kier alpha value is -1.45. The van der Waals surface area contributed by atoms with Crippen molar-refractivity contribution < 1.29 is 18.0 Å². The van der Waals surface area contributed by atoms with Gasteiger partial charge in [-0.05, 0) is 44.0 Å². The molecular weight excluding hydrogens is 422 g/mol. The van der Waals surface area contributed by atoms with Gasteiger partial charge in [-0.15, -0.1) is 0 Å². The normalized spacial score (nSPS) is 19.8. The second-order valence-corrected chi connectivity index (χ2v) is 9.54. The number of carbonyl (C=O) groups excluding carboxylic acids is 2. The number of piperazine rings is 1. The van der Waals surface area contributed by atoms with Gasteiger partial charge in [0.2, 0.25) is 21.8 Å². The van der Waals surface area contributed by atoms with Crippen LogP contribution in [0.5, 0.6) is 0 Å². The summed E-state index contributed by atoms with van der Waals surface area (Å²) in [5.41, 5.74) is 0. The fraction of sp³-hybridized carbons (Fsp3) is 0.529. The van der Waals surface area contributed by atoms with Crippen LogP contribution in [0.2, 0.25) is 0 Å². The number of rotatable bonds is 5. The number of carbonyl (C=O) groups is 2. The molecule has 0 unspecified atom stereocenters. The molecule has 26 heavy (non-hydrogen) atoms. The van der Waals surface area contributed by atoms with Crippen molar-refractivity contribution in [3.05, 3.63) is 28.7 Å². The van der Waals surface area contributed by atoms with Gasteiger partial charge in [0.25, 0.3) is 0 Å². The fourth-order valence-corrected chi connectivity index (χ4v) is 4.60. The molecule has 1 saturated heterocycles. The molecule has 1 aliphatic carbocycles. The Kier molecular flexibility index (Phi) is 5.69. The van der Waals surface area contributed by atoms with E-state index in [-0.39, 0.29) is 35.7 Å².